The first-order valence-corrected chi connectivity index (χ1v) is 12.3. The number of nitrogens with zero attached hydrogens (tertiary/aromatic N) is 5. The van der Waals surface area contributed by atoms with Crippen molar-refractivity contribution in [3.63, 3.8) is 0 Å². The molecule has 2 amide bonds. The third-order valence-corrected chi connectivity index (χ3v) is 6.38. The fourth-order valence-corrected chi connectivity index (χ4v) is 4.42. The van der Waals surface area contributed by atoms with Crippen molar-refractivity contribution in [3.05, 3.63) is 114 Å². The van der Waals surface area contributed by atoms with Gasteiger partial charge in [0.25, 0.3) is 0 Å². The van der Waals surface area contributed by atoms with Crippen molar-refractivity contribution < 1.29 is 4.79 Å². The predicted octanol–water partition coefficient (Wildman–Crippen LogP) is 6.85. The van der Waals surface area contributed by atoms with Crippen LogP contribution in [-0.2, 0) is 0 Å². The largest absolute Gasteiger partial charge is 0.323 e. The van der Waals surface area contributed by atoms with Gasteiger partial charge in [-0.2, -0.15) is 0 Å². The topological polar surface area (TPSA) is 89.1 Å². The van der Waals surface area contributed by atoms with Gasteiger partial charge in [0.1, 0.15) is 5.82 Å². The molecule has 0 saturated carbocycles. The number of amides is 2. The van der Waals surface area contributed by atoms with E-state index < -0.39 is 0 Å². The summed E-state index contributed by atoms with van der Waals surface area (Å²) < 4.78 is 3.89. The number of fused-ring (bicyclic) bond motifs is 1. The number of anilines is 2. The number of urea groups is 1. The van der Waals surface area contributed by atoms with Gasteiger partial charge in [-0.3, -0.25) is 4.57 Å². The molecule has 3 aromatic carbocycles. The van der Waals surface area contributed by atoms with Gasteiger partial charge in [-0.1, -0.05) is 48.0 Å². The molecule has 6 rings (SSSR count). The summed E-state index contributed by atoms with van der Waals surface area (Å²) in [5.41, 5.74) is 5.67. The first-order valence-electron chi connectivity index (χ1n) is 11.9. The van der Waals surface area contributed by atoms with Crippen LogP contribution in [0.2, 0.25) is 5.02 Å². The Kier molecular flexibility index (Phi) is 6.07. The van der Waals surface area contributed by atoms with Crippen molar-refractivity contribution in [1.82, 2.24) is 23.9 Å². The highest BCUT2D eigenvalue weighted by atomic mass is 35.5. The lowest BCUT2D eigenvalue weighted by molar-refractivity contribution is 0.262. The Bertz CT molecular complexity index is 1770. The minimum atomic E-state index is -0.357. The summed E-state index contributed by atoms with van der Waals surface area (Å²) in [7, 11) is 0. The Morgan fingerprint density at radius 1 is 0.868 bits per heavy atom. The average Bonchev–Trinajstić information content (AvgIpc) is 3.60. The van der Waals surface area contributed by atoms with Crippen molar-refractivity contribution in [2.45, 2.75) is 6.92 Å². The molecule has 0 aliphatic carbocycles. The van der Waals surface area contributed by atoms with Crippen LogP contribution in [0.1, 0.15) is 5.56 Å². The van der Waals surface area contributed by atoms with Gasteiger partial charge in [-0.25, -0.2) is 19.7 Å². The van der Waals surface area contributed by atoms with Crippen molar-refractivity contribution in [2.24, 2.45) is 0 Å². The predicted molar refractivity (Wildman–Crippen MR) is 150 cm³/mol. The van der Waals surface area contributed by atoms with Crippen LogP contribution in [0.5, 0.6) is 0 Å². The minimum absolute atomic E-state index is 0.357. The number of carbonyl (C=O) groups is 1. The molecular weight excluding hydrogens is 498 g/mol. The molecule has 0 bridgehead atoms. The molecule has 0 aliphatic heterocycles. The fraction of sp³-hybridized carbons (Fsp3) is 0.0345. The average molecular weight is 520 g/mol. The molecule has 0 saturated heterocycles. The maximum atomic E-state index is 12.6. The van der Waals surface area contributed by atoms with Gasteiger partial charge >= 0.3 is 6.03 Å². The van der Waals surface area contributed by atoms with E-state index in [1.54, 1.807) is 36.7 Å². The number of nitrogens with one attached hydrogen (secondary N) is 2. The third-order valence-electron chi connectivity index (χ3n) is 6.13. The number of hydrogen-bond donors (Lipinski definition) is 2. The van der Waals surface area contributed by atoms with Crippen LogP contribution >= 0.6 is 11.6 Å². The summed E-state index contributed by atoms with van der Waals surface area (Å²) in [6.07, 6.45) is 9.20. The molecule has 0 radical (unpaired) electrons. The number of imidazole rings is 2. The van der Waals surface area contributed by atoms with Gasteiger partial charge in [-0.05, 0) is 48.9 Å². The summed E-state index contributed by atoms with van der Waals surface area (Å²) in [6.45, 7) is 2.06. The Morgan fingerprint density at radius 3 is 2.50 bits per heavy atom. The van der Waals surface area contributed by atoms with E-state index in [1.165, 1.54) is 0 Å². The van der Waals surface area contributed by atoms with Crippen molar-refractivity contribution in [1.29, 1.82) is 0 Å². The molecule has 2 N–H and O–H groups in total. The fourth-order valence-electron chi connectivity index (χ4n) is 4.30. The molecular formula is C29H22ClN7O. The third kappa shape index (κ3) is 4.60. The second kappa shape index (κ2) is 9.84. The van der Waals surface area contributed by atoms with E-state index in [1.807, 2.05) is 70.0 Å². The standard InChI is InChI=1S/C29H22ClN7O/c1-19-5-2-3-8-24(19)26-31-14-16-37(26)28-27-32-13-15-36(27)18-25(35-28)20-6-4-7-23(17-20)34-29(38)33-22-11-9-21(30)10-12-22/h2-18H,1H3,(H2,33,34,38). The van der Waals surface area contributed by atoms with Crippen LogP contribution in [0.4, 0.5) is 16.2 Å². The number of aromatic nitrogens is 5. The lowest BCUT2D eigenvalue weighted by atomic mass is 10.1. The summed E-state index contributed by atoms with van der Waals surface area (Å²) in [4.78, 5) is 26.7. The van der Waals surface area contributed by atoms with Crippen LogP contribution in [0.25, 0.3) is 34.1 Å². The molecule has 8 nitrogen and oxygen atoms in total. The Hall–Kier alpha value is -4.95. The van der Waals surface area contributed by atoms with E-state index in [0.29, 0.717) is 27.9 Å². The zero-order valence-corrected chi connectivity index (χ0v) is 21.1. The second-order valence-corrected chi connectivity index (χ2v) is 9.15. The zero-order valence-electron chi connectivity index (χ0n) is 20.3. The highest BCUT2D eigenvalue weighted by Gasteiger charge is 2.16. The summed E-state index contributed by atoms with van der Waals surface area (Å²) in [5, 5.41) is 6.29. The van der Waals surface area contributed by atoms with Gasteiger partial charge in [-0.15, -0.1) is 0 Å². The van der Waals surface area contributed by atoms with E-state index in [-0.39, 0.29) is 6.03 Å². The zero-order chi connectivity index (χ0) is 26.1. The SMILES string of the molecule is Cc1ccccc1-c1nccn1-c1nc(-c2cccc(NC(=O)Nc3ccc(Cl)cc3)c2)cn2ccnc12. The Balaban J connectivity index is 1.35. The lowest BCUT2D eigenvalue weighted by Crippen LogP contribution is -2.19. The Morgan fingerprint density at radius 2 is 1.66 bits per heavy atom. The first-order chi connectivity index (χ1) is 18.5. The van der Waals surface area contributed by atoms with E-state index in [4.69, 9.17) is 16.6 Å². The normalized spacial score (nSPS) is 11.0. The van der Waals surface area contributed by atoms with Crippen molar-refractivity contribution in [3.8, 4) is 28.5 Å². The van der Waals surface area contributed by atoms with E-state index >= 15 is 0 Å². The molecule has 38 heavy (non-hydrogen) atoms. The van der Waals surface area contributed by atoms with Gasteiger partial charge in [0.2, 0.25) is 0 Å². The summed E-state index contributed by atoms with van der Waals surface area (Å²) >= 11 is 5.93. The molecule has 3 heterocycles. The summed E-state index contributed by atoms with van der Waals surface area (Å²) in [6, 6.07) is 22.2. The molecule has 0 unspecified atom stereocenters. The minimum Gasteiger partial charge on any atom is -0.308 e. The van der Waals surface area contributed by atoms with E-state index in [0.717, 1.165) is 28.2 Å². The summed E-state index contributed by atoms with van der Waals surface area (Å²) in [5.74, 6) is 1.44. The quantitative estimate of drug-likeness (QED) is 0.260. The van der Waals surface area contributed by atoms with E-state index in [9.17, 15) is 4.79 Å². The smallest absolute Gasteiger partial charge is 0.308 e. The number of benzene rings is 3. The second-order valence-electron chi connectivity index (χ2n) is 8.71. The van der Waals surface area contributed by atoms with E-state index in [2.05, 4.69) is 33.6 Å². The maximum Gasteiger partial charge on any atom is 0.323 e. The number of rotatable bonds is 5. The number of aryl methyl sites for hydroxylation is 1. The monoisotopic (exact) mass is 519 g/mol. The van der Waals surface area contributed by atoms with Crippen molar-refractivity contribution >= 4 is 34.7 Å². The van der Waals surface area contributed by atoms with Crippen LogP contribution in [0.3, 0.4) is 0 Å². The van der Waals surface area contributed by atoms with Crippen LogP contribution in [-0.4, -0.2) is 30.0 Å². The van der Waals surface area contributed by atoms with Crippen LogP contribution in [0.15, 0.2) is 104 Å². The molecule has 0 aliphatic rings. The highest BCUT2D eigenvalue weighted by Crippen LogP contribution is 2.28. The molecule has 3 aromatic heterocycles. The van der Waals surface area contributed by atoms with Gasteiger partial charge < -0.3 is 15.0 Å². The van der Waals surface area contributed by atoms with Crippen molar-refractivity contribution in [2.75, 3.05) is 10.6 Å². The van der Waals surface area contributed by atoms with Crippen LogP contribution < -0.4 is 10.6 Å². The van der Waals surface area contributed by atoms with Gasteiger partial charge in [0.05, 0.1) is 5.69 Å². The number of halogens is 1. The van der Waals surface area contributed by atoms with Gasteiger partial charge in [0, 0.05) is 58.5 Å². The number of hydrogen-bond acceptors (Lipinski definition) is 4. The molecule has 186 valence electrons. The molecule has 6 aromatic rings. The highest BCUT2D eigenvalue weighted by molar-refractivity contribution is 6.30. The molecule has 0 atom stereocenters. The molecule has 0 spiro atoms. The molecule has 9 heteroatoms. The maximum absolute atomic E-state index is 12.6. The van der Waals surface area contributed by atoms with Gasteiger partial charge in [0.15, 0.2) is 11.5 Å². The Labute approximate surface area is 223 Å². The molecule has 0 fully saturated rings. The van der Waals surface area contributed by atoms with Crippen LogP contribution in [0, 0.1) is 6.92 Å². The lowest BCUT2D eigenvalue weighted by Gasteiger charge is -2.13. The first kappa shape index (κ1) is 23.4. The number of carbonyl (C=O) groups excluding carboxylic acids is 1.